The Morgan fingerprint density at radius 3 is 2.59 bits per heavy atom. The van der Waals surface area contributed by atoms with E-state index in [1.807, 2.05) is 6.92 Å². The van der Waals surface area contributed by atoms with E-state index in [-0.39, 0.29) is 30.8 Å². The molecule has 0 atom stereocenters. The monoisotopic (exact) mass is 544 g/mol. The largest absolute Gasteiger partial charge is 0.490 e. The zero-order chi connectivity index (χ0) is 25.9. The van der Waals surface area contributed by atoms with Gasteiger partial charge < -0.3 is 23.8 Å². The molecular formula is C26H25ClN2O7S. The zero-order valence-corrected chi connectivity index (χ0v) is 21.7. The first-order valence-electron chi connectivity index (χ1n) is 11.9. The van der Waals surface area contributed by atoms with Gasteiger partial charge in [0.15, 0.2) is 29.6 Å². The molecule has 0 aliphatic carbocycles. The van der Waals surface area contributed by atoms with Crippen LogP contribution in [0.1, 0.15) is 30.9 Å². The van der Waals surface area contributed by atoms with Crippen LogP contribution < -0.4 is 18.9 Å². The molecule has 0 unspecified atom stereocenters. The Morgan fingerprint density at radius 2 is 1.84 bits per heavy atom. The molecule has 3 aliphatic heterocycles. The second kappa shape index (κ2) is 10.9. The Balaban J connectivity index is 1.30. The third-order valence-corrected chi connectivity index (χ3v) is 7.38. The number of halogens is 1. The van der Waals surface area contributed by atoms with E-state index in [0.717, 1.165) is 42.6 Å². The Hall–Kier alpha value is -3.37. The third-order valence-electron chi connectivity index (χ3n) is 6.12. The highest BCUT2D eigenvalue weighted by atomic mass is 35.5. The van der Waals surface area contributed by atoms with Gasteiger partial charge in [-0.2, -0.15) is 0 Å². The number of amides is 3. The van der Waals surface area contributed by atoms with Gasteiger partial charge in [0, 0.05) is 24.2 Å². The van der Waals surface area contributed by atoms with E-state index in [0.29, 0.717) is 45.8 Å². The molecule has 0 aromatic heterocycles. The first kappa shape index (κ1) is 25.3. The number of hydrogen-bond acceptors (Lipinski definition) is 8. The van der Waals surface area contributed by atoms with Crippen LogP contribution in [-0.2, 0) is 16.1 Å². The molecule has 0 bridgehead atoms. The Kier molecular flexibility index (Phi) is 7.48. The number of nitrogens with zero attached hydrogens (tertiary/aromatic N) is 2. The highest BCUT2D eigenvalue weighted by molar-refractivity contribution is 8.18. The molecule has 11 heteroatoms. The van der Waals surface area contributed by atoms with E-state index in [9.17, 15) is 14.4 Å². The normalized spacial score (nSPS) is 17.7. The summed E-state index contributed by atoms with van der Waals surface area (Å²) in [5, 5.41) is -0.0113. The van der Waals surface area contributed by atoms with Gasteiger partial charge in [-0.25, -0.2) is 0 Å². The number of likely N-dealkylation sites (tertiary alicyclic amines) is 1. The molecule has 0 spiro atoms. The molecule has 0 saturated carbocycles. The standard InChI is InChI=1S/C26H25ClN2O7S/c1-2-33-20-9-16(5-6-19(20)34-14-24(30)28-7-3-4-8-28)10-23-25(31)29(26(32)37-23)13-17-11-21-22(12-18(17)27)36-15-35-21/h5-6,9-12H,2-4,7-8,13-15H2,1H3/b23-10-. The second-order valence-electron chi connectivity index (χ2n) is 8.58. The van der Waals surface area contributed by atoms with Crippen molar-refractivity contribution in [2.45, 2.75) is 26.3 Å². The summed E-state index contributed by atoms with van der Waals surface area (Å²) in [5.41, 5.74) is 1.24. The maximum Gasteiger partial charge on any atom is 0.293 e. The quantitative estimate of drug-likeness (QED) is 0.441. The van der Waals surface area contributed by atoms with Gasteiger partial charge in [0.25, 0.3) is 17.1 Å². The van der Waals surface area contributed by atoms with Crippen LogP contribution in [0.3, 0.4) is 0 Å². The van der Waals surface area contributed by atoms with Crippen molar-refractivity contribution in [2.24, 2.45) is 0 Å². The molecule has 9 nitrogen and oxygen atoms in total. The first-order valence-corrected chi connectivity index (χ1v) is 13.1. The number of rotatable bonds is 8. The van der Waals surface area contributed by atoms with Crippen LogP contribution in [0, 0.1) is 0 Å². The van der Waals surface area contributed by atoms with Gasteiger partial charge in [-0.15, -0.1) is 0 Å². The topological polar surface area (TPSA) is 94.6 Å². The fraction of sp³-hybridized carbons (Fsp3) is 0.346. The summed E-state index contributed by atoms with van der Waals surface area (Å²) in [7, 11) is 0. The summed E-state index contributed by atoms with van der Waals surface area (Å²) in [4.78, 5) is 41.3. The molecule has 2 aromatic rings. The van der Waals surface area contributed by atoms with Crippen LogP contribution in [-0.4, -0.2) is 59.9 Å². The lowest BCUT2D eigenvalue weighted by Crippen LogP contribution is -2.32. The van der Waals surface area contributed by atoms with E-state index < -0.39 is 11.1 Å². The second-order valence-corrected chi connectivity index (χ2v) is 9.98. The number of carbonyl (C=O) groups is 3. The van der Waals surface area contributed by atoms with Crippen molar-refractivity contribution < 1.29 is 33.3 Å². The van der Waals surface area contributed by atoms with Gasteiger partial charge in [-0.1, -0.05) is 17.7 Å². The van der Waals surface area contributed by atoms with Crippen molar-refractivity contribution in [2.75, 3.05) is 33.1 Å². The maximum atomic E-state index is 13.1. The minimum Gasteiger partial charge on any atom is -0.490 e. The van der Waals surface area contributed by atoms with Crippen molar-refractivity contribution in [3.8, 4) is 23.0 Å². The summed E-state index contributed by atoms with van der Waals surface area (Å²) in [6.07, 6.45) is 3.66. The van der Waals surface area contributed by atoms with Crippen LogP contribution in [0.2, 0.25) is 5.02 Å². The molecule has 37 heavy (non-hydrogen) atoms. The van der Waals surface area contributed by atoms with Gasteiger partial charge in [0.05, 0.1) is 18.1 Å². The van der Waals surface area contributed by atoms with Gasteiger partial charge in [0.2, 0.25) is 6.79 Å². The lowest BCUT2D eigenvalue weighted by molar-refractivity contribution is -0.132. The molecule has 3 heterocycles. The van der Waals surface area contributed by atoms with Gasteiger partial charge in [-0.05, 0) is 66.9 Å². The van der Waals surface area contributed by atoms with Crippen molar-refractivity contribution in [3.63, 3.8) is 0 Å². The number of carbonyl (C=O) groups excluding carboxylic acids is 3. The summed E-state index contributed by atoms with van der Waals surface area (Å²) in [5.74, 6) is 1.47. The van der Waals surface area contributed by atoms with Crippen molar-refractivity contribution in [1.82, 2.24) is 9.80 Å². The van der Waals surface area contributed by atoms with Crippen LogP contribution in [0.5, 0.6) is 23.0 Å². The minimum atomic E-state index is -0.418. The van der Waals surface area contributed by atoms with Crippen LogP contribution >= 0.6 is 23.4 Å². The molecule has 5 rings (SSSR count). The number of ether oxygens (including phenoxy) is 4. The molecule has 2 aromatic carbocycles. The van der Waals surface area contributed by atoms with E-state index in [1.54, 1.807) is 41.3 Å². The van der Waals surface area contributed by atoms with Crippen molar-refractivity contribution in [1.29, 1.82) is 0 Å². The first-order chi connectivity index (χ1) is 17.9. The maximum absolute atomic E-state index is 13.1. The third kappa shape index (κ3) is 5.50. The van der Waals surface area contributed by atoms with E-state index in [2.05, 4.69) is 0 Å². The molecule has 2 saturated heterocycles. The van der Waals surface area contributed by atoms with Crippen LogP contribution in [0.4, 0.5) is 4.79 Å². The number of benzene rings is 2. The molecular weight excluding hydrogens is 520 g/mol. The highest BCUT2D eigenvalue weighted by Gasteiger charge is 2.36. The average Bonchev–Trinajstić information content (AvgIpc) is 3.62. The molecule has 2 fully saturated rings. The SMILES string of the molecule is CCOc1cc(/C=C2\SC(=O)N(Cc3cc4c(cc3Cl)OCO4)C2=O)ccc1OCC(=O)N1CCCC1. The molecule has 0 radical (unpaired) electrons. The fourth-order valence-electron chi connectivity index (χ4n) is 4.24. The van der Waals surface area contributed by atoms with Crippen molar-refractivity contribution >= 4 is 46.5 Å². The zero-order valence-electron chi connectivity index (χ0n) is 20.2. The van der Waals surface area contributed by atoms with Crippen molar-refractivity contribution in [3.05, 3.63) is 51.4 Å². The molecule has 3 aliphatic rings. The number of imide groups is 1. The van der Waals surface area contributed by atoms with E-state index >= 15 is 0 Å². The smallest absolute Gasteiger partial charge is 0.293 e. The van der Waals surface area contributed by atoms with Crippen LogP contribution in [0.15, 0.2) is 35.2 Å². The Bertz CT molecular complexity index is 1280. The summed E-state index contributed by atoms with van der Waals surface area (Å²) in [6, 6.07) is 8.47. The molecule has 3 amide bonds. The highest BCUT2D eigenvalue weighted by Crippen LogP contribution is 2.40. The summed E-state index contributed by atoms with van der Waals surface area (Å²) >= 11 is 7.19. The van der Waals surface area contributed by atoms with Gasteiger partial charge in [0.1, 0.15) is 0 Å². The Labute approximate surface area is 223 Å². The lowest BCUT2D eigenvalue weighted by Gasteiger charge is -2.17. The average molecular weight is 545 g/mol. The number of hydrogen-bond donors (Lipinski definition) is 0. The number of fused-ring (bicyclic) bond motifs is 1. The predicted molar refractivity (Wildman–Crippen MR) is 138 cm³/mol. The molecule has 194 valence electrons. The van der Waals surface area contributed by atoms with Gasteiger partial charge >= 0.3 is 0 Å². The summed E-state index contributed by atoms with van der Waals surface area (Å²) < 4.78 is 22.2. The fourth-order valence-corrected chi connectivity index (χ4v) is 5.29. The lowest BCUT2D eigenvalue weighted by atomic mass is 10.1. The Morgan fingerprint density at radius 1 is 1.08 bits per heavy atom. The van der Waals surface area contributed by atoms with E-state index in [1.165, 1.54) is 0 Å². The minimum absolute atomic E-state index is 0.0134. The summed E-state index contributed by atoms with van der Waals surface area (Å²) in [6.45, 7) is 3.80. The van der Waals surface area contributed by atoms with E-state index in [4.69, 9.17) is 30.5 Å². The van der Waals surface area contributed by atoms with Gasteiger partial charge in [-0.3, -0.25) is 19.3 Å². The molecule has 0 N–H and O–H groups in total. The number of thioether (sulfide) groups is 1. The predicted octanol–water partition coefficient (Wildman–Crippen LogP) is 4.71. The van der Waals surface area contributed by atoms with Crippen LogP contribution in [0.25, 0.3) is 6.08 Å².